The fourth-order valence-corrected chi connectivity index (χ4v) is 2.74. The lowest BCUT2D eigenvalue weighted by Crippen LogP contribution is -2.21. The van der Waals surface area contributed by atoms with Gasteiger partial charge in [-0.25, -0.2) is 0 Å². The van der Waals surface area contributed by atoms with E-state index < -0.39 is 5.78 Å². The second-order valence-electron chi connectivity index (χ2n) is 4.53. The number of carbonyl (C=O) groups excluding carboxylic acids is 2. The number of aromatic hydroxyl groups is 2. The van der Waals surface area contributed by atoms with Gasteiger partial charge in [0.25, 0.3) is 0 Å². The third-order valence-corrected chi connectivity index (χ3v) is 3.96. The molecule has 0 saturated carbocycles. The lowest BCUT2D eigenvalue weighted by Gasteiger charge is -2.19. The Labute approximate surface area is 122 Å². The minimum Gasteiger partial charge on any atom is -0.507 e. The van der Waals surface area contributed by atoms with E-state index in [1.165, 1.54) is 24.3 Å². The quantitative estimate of drug-likeness (QED) is 0.672. The molecule has 0 amide bonds. The van der Waals surface area contributed by atoms with Crippen LogP contribution in [0.5, 0.6) is 11.5 Å². The molecule has 0 heterocycles. The average molecular weight is 333 g/mol. The van der Waals surface area contributed by atoms with Crippen LogP contribution in [0.4, 0.5) is 0 Å². The van der Waals surface area contributed by atoms with E-state index in [9.17, 15) is 19.8 Å². The molecule has 2 aromatic rings. The van der Waals surface area contributed by atoms with Gasteiger partial charge in [-0.15, -0.1) is 0 Å². The normalized spacial score (nSPS) is 13.1. The summed E-state index contributed by atoms with van der Waals surface area (Å²) in [4.78, 5) is 24.8. The molecule has 2 aromatic carbocycles. The number of hydrogen-bond acceptors (Lipinski definition) is 4. The van der Waals surface area contributed by atoms with Gasteiger partial charge in [0, 0.05) is 16.5 Å². The van der Waals surface area contributed by atoms with Crippen LogP contribution in [0.2, 0.25) is 0 Å². The van der Waals surface area contributed by atoms with Gasteiger partial charge in [0.15, 0.2) is 5.78 Å². The van der Waals surface area contributed by atoms with E-state index in [0.29, 0.717) is 10.9 Å². The molecule has 0 bridgehead atoms. The number of alkyl halides is 1. The first kappa shape index (κ1) is 12.9. The molecule has 0 atom stereocenters. The Kier molecular flexibility index (Phi) is 2.87. The van der Waals surface area contributed by atoms with Crippen molar-refractivity contribution in [1.29, 1.82) is 0 Å². The molecule has 0 aliphatic heterocycles. The van der Waals surface area contributed by atoms with Gasteiger partial charge in [-0.1, -0.05) is 28.1 Å². The molecule has 0 aromatic heterocycles. The molecule has 0 fully saturated rings. The van der Waals surface area contributed by atoms with Gasteiger partial charge in [-0.3, -0.25) is 9.59 Å². The van der Waals surface area contributed by atoms with Crippen molar-refractivity contribution in [3.63, 3.8) is 0 Å². The van der Waals surface area contributed by atoms with E-state index in [0.717, 1.165) is 0 Å². The average Bonchev–Trinajstić information content (AvgIpc) is 2.43. The summed E-state index contributed by atoms with van der Waals surface area (Å²) in [5, 5.41) is 20.3. The van der Waals surface area contributed by atoms with Crippen LogP contribution in [0.3, 0.4) is 0 Å². The number of benzene rings is 2. The van der Waals surface area contributed by atoms with Gasteiger partial charge >= 0.3 is 0 Å². The third kappa shape index (κ3) is 1.67. The van der Waals surface area contributed by atoms with Crippen molar-refractivity contribution in [2.24, 2.45) is 0 Å². The minimum atomic E-state index is -0.536. The zero-order valence-corrected chi connectivity index (χ0v) is 11.8. The SMILES string of the molecule is O=C1c2cccc(O)c2C(=O)c2c(O)cc(CBr)cc21. The summed E-state index contributed by atoms with van der Waals surface area (Å²) in [6, 6.07) is 7.37. The largest absolute Gasteiger partial charge is 0.507 e. The smallest absolute Gasteiger partial charge is 0.201 e. The molecule has 1 aliphatic carbocycles. The van der Waals surface area contributed by atoms with E-state index in [-0.39, 0.29) is 39.5 Å². The summed E-state index contributed by atoms with van der Waals surface area (Å²) in [5.41, 5.74) is 0.933. The summed E-state index contributed by atoms with van der Waals surface area (Å²) in [7, 11) is 0. The number of rotatable bonds is 1. The molecule has 2 N–H and O–H groups in total. The predicted octanol–water partition coefficient (Wildman–Crippen LogP) is 2.77. The Bertz CT molecular complexity index is 765. The zero-order valence-electron chi connectivity index (χ0n) is 10.2. The van der Waals surface area contributed by atoms with Crippen molar-refractivity contribution in [3.05, 3.63) is 58.1 Å². The van der Waals surface area contributed by atoms with Gasteiger partial charge in [-0.2, -0.15) is 0 Å². The van der Waals surface area contributed by atoms with Gasteiger partial charge < -0.3 is 10.2 Å². The molecule has 5 heteroatoms. The number of phenols is 2. The Morgan fingerprint density at radius 3 is 2.30 bits per heavy atom. The molecule has 20 heavy (non-hydrogen) atoms. The Balaban J connectivity index is 2.35. The fourth-order valence-electron chi connectivity index (χ4n) is 2.42. The van der Waals surface area contributed by atoms with Crippen molar-refractivity contribution < 1.29 is 19.8 Å². The summed E-state index contributed by atoms with van der Waals surface area (Å²) in [5.74, 6) is -1.41. The highest BCUT2D eigenvalue weighted by molar-refractivity contribution is 9.08. The Hall–Kier alpha value is -2.14. The Morgan fingerprint density at radius 1 is 0.900 bits per heavy atom. The van der Waals surface area contributed by atoms with E-state index in [1.54, 1.807) is 6.07 Å². The maximum atomic E-state index is 12.4. The molecule has 3 rings (SSSR count). The number of phenolic OH excluding ortho intramolecular Hbond substituents is 2. The maximum Gasteiger partial charge on any atom is 0.201 e. The van der Waals surface area contributed by atoms with E-state index >= 15 is 0 Å². The summed E-state index contributed by atoms with van der Waals surface area (Å²) in [6.07, 6.45) is 0. The summed E-state index contributed by atoms with van der Waals surface area (Å²) < 4.78 is 0. The molecule has 0 saturated heterocycles. The van der Waals surface area contributed by atoms with Crippen LogP contribution in [0, 0.1) is 0 Å². The van der Waals surface area contributed by atoms with E-state index in [1.807, 2.05) is 0 Å². The highest BCUT2D eigenvalue weighted by atomic mass is 79.9. The fraction of sp³-hybridized carbons (Fsp3) is 0.0667. The molecule has 0 radical (unpaired) electrons. The van der Waals surface area contributed by atoms with Crippen LogP contribution in [-0.2, 0) is 5.33 Å². The number of ketones is 2. The van der Waals surface area contributed by atoms with Gasteiger partial charge in [-0.05, 0) is 23.8 Å². The van der Waals surface area contributed by atoms with Crippen LogP contribution in [0.1, 0.15) is 37.4 Å². The first-order valence-corrected chi connectivity index (χ1v) is 7.00. The van der Waals surface area contributed by atoms with Crippen molar-refractivity contribution in [2.45, 2.75) is 5.33 Å². The molecule has 4 nitrogen and oxygen atoms in total. The highest BCUT2D eigenvalue weighted by Gasteiger charge is 2.34. The van der Waals surface area contributed by atoms with Crippen molar-refractivity contribution in [2.75, 3.05) is 0 Å². The topological polar surface area (TPSA) is 74.6 Å². The first-order valence-electron chi connectivity index (χ1n) is 5.87. The zero-order chi connectivity index (χ0) is 14.4. The molecule has 0 unspecified atom stereocenters. The monoisotopic (exact) mass is 332 g/mol. The lowest BCUT2D eigenvalue weighted by molar-refractivity contribution is 0.0974. The third-order valence-electron chi connectivity index (χ3n) is 3.32. The van der Waals surface area contributed by atoms with Crippen LogP contribution in [-0.4, -0.2) is 21.8 Å². The van der Waals surface area contributed by atoms with Crippen molar-refractivity contribution >= 4 is 27.5 Å². The van der Waals surface area contributed by atoms with E-state index in [4.69, 9.17) is 0 Å². The number of carbonyl (C=O) groups is 2. The van der Waals surface area contributed by atoms with Gasteiger partial charge in [0.1, 0.15) is 11.5 Å². The van der Waals surface area contributed by atoms with Crippen LogP contribution < -0.4 is 0 Å². The van der Waals surface area contributed by atoms with Crippen LogP contribution in [0.15, 0.2) is 30.3 Å². The van der Waals surface area contributed by atoms with Gasteiger partial charge in [0.05, 0.1) is 11.1 Å². The first-order chi connectivity index (χ1) is 9.54. The lowest BCUT2D eigenvalue weighted by atomic mass is 9.82. The molecule has 1 aliphatic rings. The molecule has 0 spiro atoms. The standard InChI is InChI=1S/C15H9BrO4/c16-6-7-4-9-13(11(18)5-7)15(20)12-8(14(9)19)2-1-3-10(12)17/h1-5,17-18H,6H2. The van der Waals surface area contributed by atoms with Crippen LogP contribution in [0.25, 0.3) is 0 Å². The minimum absolute atomic E-state index is 0.0475. The van der Waals surface area contributed by atoms with E-state index in [2.05, 4.69) is 15.9 Å². The van der Waals surface area contributed by atoms with Crippen LogP contribution >= 0.6 is 15.9 Å². The molecular formula is C15H9BrO4. The number of fused-ring (bicyclic) bond motifs is 2. The predicted molar refractivity (Wildman–Crippen MR) is 75.7 cm³/mol. The summed E-state index contributed by atoms with van der Waals surface area (Å²) in [6.45, 7) is 0. The molecular weight excluding hydrogens is 324 g/mol. The maximum absolute atomic E-state index is 12.4. The van der Waals surface area contributed by atoms with Crippen molar-refractivity contribution in [3.8, 4) is 11.5 Å². The van der Waals surface area contributed by atoms with Crippen molar-refractivity contribution in [1.82, 2.24) is 0 Å². The molecule has 100 valence electrons. The highest BCUT2D eigenvalue weighted by Crippen LogP contribution is 2.37. The number of halogens is 1. The second-order valence-corrected chi connectivity index (χ2v) is 5.09. The number of hydrogen-bond donors (Lipinski definition) is 2. The van der Waals surface area contributed by atoms with Gasteiger partial charge in [0.2, 0.25) is 5.78 Å². The Morgan fingerprint density at radius 2 is 1.60 bits per heavy atom. The second kappa shape index (κ2) is 4.45. The summed E-state index contributed by atoms with van der Waals surface area (Å²) >= 11 is 3.25.